The zero-order chi connectivity index (χ0) is 15.7. The normalized spacial score (nSPS) is 21.1. The summed E-state index contributed by atoms with van der Waals surface area (Å²) in [7, 11) is 0. The Morgan fingerprint density at radius 3 is 2.26 bits per heavy atom. The fraction of sp³-hybridized carbons (Fsp3) is 0.650. The maximum atomic E-state index is 6.07. The monoisotopic (exact) mass is 314 g/mol. The summed E-state index contributed by atoms with van der Waals surface area (Å²) in [6.45, 7) is 0.603. The molecule has 1 aromatic carbocycles. The molecule has 3 nitrogen and oxygen atoms in total. The molecule has 126 valence electrons. The molecular formula is C20H30N2O. The molecule has 0 aliphatic heterocycles. The van der Waals surface area contributed by atoms with E-state index in [1.807, 2.05) is 6.07 Å². The summed E-state index contributed by atoms with van der Waals surface area (Å²) in [6, 6.07) is 12.2. The Balaban J connectivity index is 1.60. The number of benzene rings is 1. The summed E-state index contributed by atoms with van der Waals surface area (Å²) < 4.78 is 6.07. The summed E-state index contributed by atoms with van der Waals surface area (Å²) >= 11 is 0. The van der Waals surface area contributed by atoms with Gasteiger partial charge in [-0.25, -0.2) is 4.99 Å². The Morgan fingerprint density at radius 1 is 0.913 bits per heavy atom. The molecule has 3 heteroatoms. The number of nitrogens with one attached hydrogen (secondary N) is 1. The maximum absolute atomic E-state index is 6.07. The van der Waals surface area contributed by atoms with E-state index >= 15 is 0 Å². The van der Waals surface area contributed by atoms with Gasteiger partial charge in [-0.3, -0.25) is 0 Å². The van der Waals surface area contributed by atoms with Gasteiger partial charge in [0.25, 0.3) is 6.02 Å². The number of amidine groups is 1. The summed E-state index contributed by atoms with van der Waals surface area (Å²) in [4.78, 5) is 4.93. The number of hydrogen-bond donors (Lipinski definition) is 1. The third-order valence-electron chi connectivity index (χ3n) is 5.03. The highest BCUT2D eigenvalue weighted by molar-refractivity contribution is 5.74. The van der Waals surface area contributed by atoms with Crippen molar-refractivity contribution >= 4 is 6.02 Å². The SMILES string of the molecule is c1ccc(COC(=NC2CCCCC2)NC2CCCCC2)cc1. The molecule has 0 saturated heterocycles. The largest absolute Gasteiger partial charge is 0.460 e. The average molecular weight is 314 g/mol. The van der Waals surface area contributed by atoms with E-state index in [0.717, 1.165) is 6.02 Å². The summed E-state index contributed by atoms with van der Waals surface area (Å²) in [5, 5.41) is 3.60. The van der Waals surface area contributed by atoms with Crippen molar-refractivity contribution in [3.05, 3.63) is 35.9 Å². The Bertz CT molecular complexity index is 474. The molecular weight excluding hydrogens is 284 g/mol. The topological polar surface area (TPSA) is 33.6 Å². The van der Waals surface area contributed by atoms with Crippen LogP contribution in [0.15, 0.2) is 35.3 Å². The zero-order valence-electron chi connectivity index (χ0n) is 14.2. The Labute approximate surface area is 140 Å². The van der Waals surface area contributed by atoms with Crippen molar-refractivity contribution in [3.63, 3.8) is 0 Å². The zero-order valence-corrected chi connectivity index (χ0v) is 14.2. The van der Waals surface area contributed by atoms with Gasteiger partial charge in [-0.15, -0.1) is 0 Å². The molecule has 0 radical (unpaired) electrons. The number of rotatable bonds is 4. The lowest BCUT2D eigenvalue weighted by molar-refractivity contribution is 0.258. The van der Waals surface area contributed by atoms with Crippen molar-refractivity contribution in [1.82, 2.24) is 5.32 Å². The molecule has 0 atom stereocenters. The molecule has 3 rings (SSSR count). The minimum Gasteiger partial charge on any atom is -0.460 e. The van der Waals surface area contributed by atoms with Crippen LogP contribution in [0.3, 0.4) is 0 Å². The van der Waals surface area contributed by atoms with Gasteiger partial charge in [0, 0.05) is 6.04 Å². The fourth-order valence-electron chi connectivity index (χ4n) is 3.64. The van der Waals surface area contributed by atoms with Crippen molar-refractivity contribution in [1.29, 1.82) is 0 Å². The van der Waals surface area contributed by atoms with E-state index in [1.54, 1.807) is 0 Å². The molecule has 2 aliphatic rings. The van der Waals surface area contributed by atoms with Gasteiger partial charge < -0.3 is 10.1 Å². The van der Waals surface area contributed by atoms with Crippen LogP contribution in [-0.4, -0.2) is 18.1 Å². The first-order chi connectivity index (χ1) is 11.4. The third-order valence-corrected chi connectivity index (χ3v) is 5.03. The lowest BCUT2D eigenvalue weighted by Gasteiger charge is -2.26. The lowest BCUT2D eigenvalue weighted by atomic mass is 9.95. The van der Waals surface area contributed by atoms with Gasteiger partial charge in [-0.1, -0.05) is 68.9 Å². The van der Waals surface area contributed by atoms with E-state index < -0.39 is 0 Å². The molecule has 1 N–H and O–H groups in total. The van der Waals surface area contributed by atoms with Crippen molar-refractivity contribution in [2.75, 3.05) is 0 Å². The number of nitrogens with zero attached hydrogens (tertiary/aromatic N) is 1. The lowest BCUT2D eigenvalue weighted by Crippen LogP contribution is -2.38. The van der Waals surface area contributed by atoms with Crippen LogP contribution in [0.2, 0.25) is 0 Å². The van der Waals surface area contributed by atoms with Crippen LogP contribution in [0.5, 0.6) is 0 Å². The highest BCUT2D eigenvalue weighted by Gasteiger charge is 2.18. The van der Waals surface area contributed by atoms with E-state index in [0.29, 0.717) is 18.7 Å². The van der Waals surface area contributed by atoms with Crippen LogP contribution >= 0.6 is 0 Å². The minimum atomic E-state index is 0.450. The van der Waals surface area contributed by atoms with Gasteiger partial charge in [-0.2, -0.15) is 0 Å². The predicted molar refractivity (Wildman–Crippen MR) is 95.5 cm³/mol. The van der Waals surface area contributed by atoms with Crippen molar-refractivity contribution < 1.29 is 4.74 Å². The van der Waals surface area contributed by atoms with Crippen molar-refractivity contribution in [3.8, 4) is 0 Å². The van der Waals surface area contributed by atoms with E-state index in [1.165, 1.54) is 69.8 Å². The van der Waals surface area contributed by atoms with E-state index in [9.17, 15) is 0 Å². The molecule has 23 heavy (non-hydrogen) atoms. The van der Waals surface area contributed by atoms with E-state index in [-0.39, 0.29) is 0 Å². The number of aliphatic imine (C=N–C) groups is 1. The van der Waals surface area contributed by atoms with E-state index in [4.69, 9.17) is 9.73 Å². The van der Waals surface area contributed by atoms with Gasteiger partial charge >= 0.3 is 0 Å². The highest BCUT2D eigenvalue weighted by atomic mass is 16.5. The van der Waals surface area contributed by atoms with Crippen LogP contribution in [0.25, 0.3) is 0 Å². The molecule has 0 aromatic heterocycles. The first-order valence-electron chi connectivity index (χ1n) is 9.41. The van der Waals surface area contributed by atoms with Crippen molar-refractivity contribution in [2.45, 2.75) is 82.9 Å². The van der Waals surface area contributed by atoms with Crippen LogP contribution in [0.1, 0.15) is 69.8 Å². The molecule has 2 aliphatic carbocycles. The Morgan fingerprint density at radius 2 is 1.57 bits per heavy atom. The van der Waals surface area contributed by atoms with Gasteiger partial charge in [0.1, 0.15) is 6.61 Å². The molecule has 0 bridgehead atoms. The molecule has 2 fully saturated rings. The summed E-state index contributed by atoms with van der Waals surface area (Å²) in [5.41, 5.74) is 1.20. The highest BCUT2D eigenvalue weighted by Crippen LogP contribution is 2.21. The molecule has 0 amide bonds. The van der Waals surface area contributed by atoms with Crippen LogP contribution < -0.4 is 5.32 Å². The van der Waals surface area contributed by atoms with Crippen molar-refractivity contribution in [2.24, 2.45) is 4.99 Å². The molecule has 0 unspecified atom stereocenters. The van der Waals surface area contributed by atoms with Gasteiger partial charge in [0.2, 0.25) is 0 Å². The number of ether oxygens (including phenoxy) is 1. The quantitative estimate of drug-likeness (QED) is 0.639. The average Bonchev–Trinajstić information content (AvgIpc) is 2.62. The smallest absolute Gasteiger partial charge is 0.285 e. The maximum Gasteiger partial charge on any atom is 0.285 e. The standard InChI is InChI=1S/C20H30N2O/c1-4-10-17(11-5-1)16-23-20(21-18-12-6-2-7-13-18)22-19-14-8-3-9-15-19/h1,4-5,10-11,18-19H,2-3,6-9,12-16H2,(H,21,22). The molecule has 0 heterocycles. The first kappa shape index (κ1) is 16.4. The van der Waals surface area contributed by atoms with Gasteiger partial charge in [0.15, 0.2) is 0 Å². The number of hydrogen-bond acceptors (Lipinski definition) is 2. The predicted octanol–water partition coefficient (Wildman–Crippen LogP) is 4.81. The first-order valence-corrected chi connectivity index (χ1v) is 9.41. The molecule has 0 spiro atoms. The summed E-state index contributed by atoms with van der Waals surface area (Å²) in [6.07, 6.45) is 12.9. The second-order valence-corrected chi connectivity index (χ2v) is 6.98. The second kappa shape index (κ2) is 8.95. The second-order valence-electron chi connectivity index (χ2n) is 6.98. The fourth-order valence-corrected chi connectivity index (χ4v) is 3.64. The van der Waals surface area contributed by atoms with E-state index in [2.05, 4.69) is 29.6 Å². The Kier molecular flexibility index (Phi) is 6.36. The Hall–Kier alpha value is -1.51. The van der Waals surface area contributed by atoms with Crippen LogP contribution in [0.4, 0.5) is 0 Å². The van der Waals surface area contributed by atoms with Crippen LogP contribution in [0, 0.1) is 0 Å². The minimum absolute atomic E-state index is 0.450. The van der Waals surface area contributed by atoms with Gasteiger partial charge in [-0.05, 0) is 31.2 Å². The summed E-state index contributed by atoms with van der Waals surface area (Å²) in [5.74, 6) is 0. The molecule has 1 aromatic rings. The third kappa shape index (κ3) is 5.56. The van der Waals surface area contributed by atoms with Gasteiger partial charge in [0.05, 0.1) is 6.04 Å². The van der Waals surface area contributed by atoms with Crippen LogP contribution in [-0.2, 0) is 11.3 Å². The molecule has 2 saturated carbocycles.